The summed E-state index contributed by atoms with van der Waals surface area (Å²) in [6.07, 6.45) is 0. The smallest absolute Gasteiger partial charge is 0.0114 e. The molecule has 214 valence electrons. The van der Waals surface area contributed by atoms with Crippen LogP contribution in [-0.2, 0) is 20.8 Å². The zero-order chi connectivity index (χ0) is 30.7. The molecule has 0 atom stereocenters. The molecule has 0 unspecified atom stereocenters. The molecule has 0 fully saturated rings. The van der Waals surface area contributed by atoms with Crippen LogP contribution in [0, 0.1) is 0 Å². The topological polar surface area (TPSA) is 0 Å². The Morgan fingerprint density at radius 2 is 0.750 bits per heavy atom. The van der Waals surface area contributed by atoms with E-state index in [1.54, 1.807) is 0 Å². The first-order chi connectivity index (χ1) is 21.7. The van der Waals surface area contributed by atoms with Gasteiger partial charge in [0, 0.05) is 9.52 Å². The molecule has 0 saturated carbocycles. The monoisotopic (exact) mass is 700 g/mol. The fourth-order valence-electron chi connectivity index (χ4n) is 5.72. The Hall–Kier alpha value is -3.26. The predicted octanol–water partition coefficient (Wildman–Crippen LogP) is 12.9. The Kier molecular flexibility index (Phi) is 11.8. The maximum absolute atomic E-state index is 4.93. The Morgan fingerprint density at radius 3 is 1.16 bits per heavy atom. The number of rotatable bonds is 2. The van der Waals surface area contributed by atoms with Gasteiger partial charge < -0.3 is 0 Å². The summed E-state index contributed by atoms with van der Waals surface area (Å²) in [5.74, 6) is 0. The standard InChI is InChI=1S/2C19H13.C2H6Si.2ClH.Zr/c2*1-2-10-16-14(6-1)8-4-12-18(16)19-13-5-9-15-7-3-11-17(15)19;1-3-2;;;/h2*1-13H;1-2H3;2*1H;/q2*-1;;;;+4/p-2. The molecule has 0 aliphatic heterocycles. The van der Waals surface area contributed by atoms with E-state index >= 15 is 0 Å². The second kappa shape index (κ2) is 16.2. The molecule has 0 nitrogen and oxygen atoms in total. The average Bonchev–Trinajstić information content (AvgIpc) is 3.76. The number of benzene rings is 6. The van der Waals surface area contributed by atoms with Gasteiger partial charge in [-0.2, -0.15) is 24.3 Å². The summed E-state index contributed by atoms with van der Waals surface area (Å²) in [7, 11) is 11.0. The molecule has 0 aromatic heterocycles. The summed E-state index contributed by atoms with van der Waals surface area (Å²) in [5, 5.41) is 10.5. The van der Waals surface area contributed by atoms with Crippen molar-refractivity contribution in [1.82, 2.24) is 0 Å². The first-order valence-corrected chi connectivity index (χ1v) is 22.8. The van der Waals surface area contributed by atoms with E-state index in [1.807, 2.05) is 0 Å². The van der Waals surface area contributed by atoms with Crippen molar-refractivity contribution in [2.45, 2.75) is 13.1 Å². The van der Waals surface area contributed by atoms with Crippen molar-refractivity contribution in [3.63, 3.8) is 0 Å². The Bertz CT molecular complexity index is 1930. The van der Waals surface area contributed by atoms with Gasteiger partial charge in [0.1, 0.15) is 0 Å². The SMILES string of the molecule is C[Si]C.[Cl][Zr+2][Cl].c1ccc2c(-c3cccc4[cH-]ccc34)cccc2c1.c1ccc2c(-c3cccc4[cH-]ccc34)cccc2c1. The Morgan fingerprint density at radius 1 is 0.432 bits per heavy atom. The van der Waals surface area contributed by atoms with Crippen LogP contribution in [0.4, 0.5) is 0 Å². The van der Waals surface area contributed by atoms with E-state index in [2.05, 4.69) is 171 Å². The third-order valence-electron chi connectivity index (χ3n) is 7.52. The quantitative estimate of drug-likeness (QED) is 0.124. The summed E-state index contributed by atoms with van der Waals surface area (Å²) in [6, 6.07) is 56.2. The number of fused-ring (bicyclic) bond motifs is 4. The molecule has 2 radical (unpaired) electrons. The van der Waals surface area contributed by atoms with Crippen molar-refractivity contribution in [2.24, 2.45) is 0 Å². The predicted molar refractivity (Wildman–Crippen MR) is 194 cm³/mol. The number of hydrogen-bond donors (Lipinski definition) is 0. The van der Waals surface area contributed by atoms with E-state index in [9.17, 15) is 0 Å². The fourth-order valence-corrected chi connectivity index (χ4v) is 5.72. The summed E-state index contributed by atoms with van der Waals surface area (Å²) < 4.78 is 0. The fraction of sp³-hybridized carbons (Fsp3) is 0.0500. The van der Waals surface area contributed by atoms with Crippen LogP contribution in [0.25, 0.3) is 65.3 Å². The van der Waals surface area contributed by atoms with Crippen LogP contribution in [0.15, 0.2) is 158 Å². The largest absolute Gasteiger partial charge is 0.168 e. The molecule has 0 aliphatic carbocycles. The zero-order valence-corrected chi connectivity index (χ0v) is 29.7. The van der Waals surface area contributed by atoms with Gasteiger partial charge in [0.15, 0.2) is 0 Å². The molecule has 0 spiro atoms. The maximum atomic E-state index is 4.93. The summed E-state index contributed by atoms with van der Waals surface area (Å²) in [4.78, 5) is 0. The van der Waals surface area contributed by atoms with E-state index in [0.29, 0.717) is 0 Å². The van der Waals surface area contributed by atoms with Gasteiger partial charge >= 0.3 is 37.9 Å². The van der Waals surface area contributed by atoms with Crippen molar-refractivity contribution in [1.29, 1.82) is 0 Å². The van der Waals surface area contributed by atoms with Crippen molar-refractivity contribution in [3.05, 3.63) is 158 Å². The molecule has 0 bridgehead atoms. The summed E-state index contributed by atoms with van der Waals surface area (Å²) in [6.45, 7) is 4.31. The molecular formula is C40H32Cl2SiZr. The molecule has 0 N–H and O–H groups in total. The second-order valence-corrected chi connectivity index (χ2v) is 15.0. The Labute approximate surface area is 281 Å². The molecule has 8 rings (SSSR count). The van der Waals surface area contributed by atoms with Gasteiger partial charge in [-0.25, -0.2) is 0 Å². The van der Waals surface area contributed by atoms with E-state index in [4.69, 9.17) is 17.0 Å². The molecular weight excluding hydrogens is 671 g/mol. The summed E-state index contributed by atoms with van der Waals surface area (Å²) in [5.41, 5.74) is 5.27. The van der Waals surface area contributed by atoms with Gasteiger partial charge in [0.05, 0.1) is 0 Å². The van der Waals surface area contributed by atoms with Crippen LogP contribution < -0.4 is 0 Å². The summed E-state index contributed by atoms with van der Waals surface area (Å²) >= 11 is -0.826. The number of halogens is 2. The van der Waals surface area contributed by atoms with Crippen LogP contribution in [-0.4, -0.2) is 9.52 Å². The third-order valence-corrected chi connectivity index (χ3v) is 7.52. The van der Waals surface area contributed by atoms with Crippen molar-refractivity contribution < 1.29 is 20.8 Å². The minimum atomic E-state index is -0.826. The van der Waals surface area contributed by atoms with Crippen LogP contribution in [0.5, 0.6) is 0 Å². The average molecular weight is 703 g/mol. The normalized spacial score (nSPS) is 10.3. The van der Waals surface area contributed by atoms with E-state index < -0.39 is 20.8 Å². The third kappa shape index (κ3) is 7.33. The number of hydrogen-bond acceptors (Lipinski definition) is 0. The van der Waals surface area contributed by atoms with Crippen molar-refractivity contribution in [3.8, 4) is 22.3 Å². The van der Waals surface area contributed by atoms with Crippen LogP contribution in [0.3, 0.4) is 0 Å². The first kappa shape index (κ1) is 32.1. The van der Waals surface area contributed by atoms with Gasteiger partial charge in [-0.15, -0.1) is 57.9 Å². The van der Waals surface area contributed by atoms with Gasteiger partial charge in [0.2, 0.25) is 0 Å². The van der Waals surface area contributed by atoms with Gasteiger partial charge in [0.25, 0.3) is 0 Å². The molecule has 8 aromatic rings. The van der Waals surface area contributed by atoms with Crippen LogP contribution in [0.2, 0.25) is 13.1 Å². The van der Waals surface area contributed by atoms with Crippen LogP contribution in [0.1, 0.15) is 0 Å². The van der Waals surface area contributed by atoms with Crippen molar-refractivity contribution in [2.75, 3.05) is 0 Å². The van der Waals surface area contributed by atoms with Gasteiger partial charge in [-0.05, 0) is 32.7 Å². The van der Waals surface area contributed by atoms with E-state index in [0.717, 1.165) is 9.52 Å². The maximum Gasteiger partial charge on any atom is -0.0114 e. The first-order valence-electron chi connectivity index (χ1n) is 14.5. The molecule has 4 heteroatoms. The minimum absolute atomic E-state index is 0.826. The molecule has 44 heavy (non-hydrogen) atoms. The molecule has 0 saturated heterocycles. The minimum Gasteiger partial charge on any atom is -0.168 e. The van der Waals surface area contributed by atoms with Crippen molar-refractivity contribution >= 4 is 69.6 Å². The molecule has 0 aliphatic rings. The second-order valence-electron chi connectivity index (χ2n) is 10.3. The van der Waals surface area contributed by atoms with Crippen LogP contribution >= 0.6 is 17.0 Å². The van der Waals surface area contributed by atoms with E-state index in [1.165, 1.54) is 65.3 Å². The Balaban J connectivity index is 0.000000149. The van der Waals surface area contributed by atoms with Gasteiger partial charge in [-0.1, -0.05) is 121 Å². The molecule has 0 heterocycles. The molecule has 8 aromatic carbocycles. The van der Waals surface area contributed by atoms with Gasteiger partial charge in [-0.3, -0.25) is 0 Å². The zero-order valence-electron chi connectivity index (χ0n) is 24.8. The van der Waals surface area contributed by atoms with E-state index in [-0.39, 0.29) is 0 Å². The molecule has 0 amide bonds.